The molecule has 0 aromatic heterocycles. The van der Waals surface area contributed by atoms with Crippen molar-refractivity contribution in [2.45, 2.75) is 26.8 Å². The van der Waals surface area contributed by atoms with E-state index >= 15 is 0 Å². The van der Waals surface area contributed by atoms with Gasteiger partial charge >= 0.3 is 0 Å². The minimum Gasteiger partial charge on any atom is -0.378 e. The molecule has 0 amide bonds. The molecule has 0 aliphatic rings. The minimum absolute atomic E-state index is 0.196. The van der Waals surface area contributed by atoms with Crippen LogP contribution in [-0.2, 0) is 0 Å². The molecule has 0 bridgehead atoms. The second-order valence-electron chi connectivity index (χ2n) is 5.01. The Kier molecular flexibility index (Phi) is 4.46. The Hall–Kier alpha value is -1.79. The number of halogens is 1. The molecule has 0 spiro atoms. The summed E-state index contributed by atoms with van der Waals surface area (Å²) in [6.07, 6.45) is 0. The summed E-state index contributed by atoms with van der Waals surface area (Å²) in [6.45, 7) is 6.33. The molecule has 0 saturated heterocycles. The van der Waals surface area contributed by atoms with Crippen LogP contribution in [0, 0.1) is 25.2 Å². The van der Waals surface area contributed by atoms with Gasteiger partial charge in [0.1, 0.15) is 0 Å². The van der Waals surface area contributed by atoms with Crippen molar-refractivity contribution in [2.24, 2.45) is 0 Å². The van der Waals surface area contributed by atoms with Crippen molar-refractivity contribution in [3.63, 3.8) is 0 Å². The third kappa shape index (κ3) is 3.20. The zero-order valence-electron chi connectivity index (χ0n) is 11.9. The molecular formula is C17H17BrN2. The van der Waals surface area contributed by atoms with Crippen LogP contribution in [0.3, 0.4) is 0 Å². The Morgan fingerprint density at radius 3 is 2.15 bits per heavy atom. The van der Waals surface area contributed by atoms with E-state index in [1.807, 2.05) is 24.3 Å². The highest BCUT2D eigenvalue weighted by Crippen LogP contribution is 2.28. The third-order valence-electron chi connectivity index (χ3n) is 3.40. The van der Waals surface area contributed by atoms with Crippen LogP contribution in [-0.4, -0.2) is 0 Å². The number of aryl methyl sites for hydroxylation is 2. The van der Waals surface area contributed by atoms with Crippen LogP contribution >= 0.6 is 15.9 Å². The van der Waals surface area contributed by atoms with Crippen LogP contribution in [0.2, 0.25) is 0 Å². The highest BCUT2D eigenvalue weighted by atomic mass is 79.9. The molecule has 102 valence electrons. The topological polar surface area (TPSA) is 35.8 Å². The molecule has 2 nitrogen and oxygen atoms in total. The fourth-order valence-corrected chi connectivity index (χ4v) is 2.97. The third-order valence-corrected chi connectivity index (χ3v) is 3.86. The Morgan fingerprint density at radius 1 is 1.10 bits per heavy atom. The van der Waals surface area contributed by atoms with Crippen molar-refractivity contribution in [2.75, 3.05) is 5.32 Å². The monoisotopic (exact) mass is 328 g/mol. The fraction of sp³-hybridized carbons (Fsp3) is 0.235. The first-order chi connectivity index (χ1) is 9.51. The van der Waals surface area contributed by atoms with Crippen molar-refractivity contribution in [3.8, 4) is 6.07 Å². The van der Waals surface area contributed by atoms with E-state index in [1.165, 1.54) is 22.4 Å². The number of rotatable bonds is 3. The van der Waals surface area contributed by atoms with E-state index < -0.39 is 0 Å². The first kappa shape index (κ1) is 14.6. The smallest absolute Gasteiger partial charge is 0.0991 e. The summed E-state index contributed by atoms with van der Waals surface area (Å²) in [5, 5.41) is 12.4. The van der Waals surface area contributed by atoms with E-state index in [0.717, 1.165) is 4.47 Å². The Labute approximate surface area is 128 Å². The quantitative estimate of drug-likeness (QED) is 0.849. The lowest BCUT2D eigenvalue weighted by atomic mass is 10.0. The lowest BCUT2D eigenvalue weighted by Gasteiger charge is -2.20. The molecule has 2 aromatic carbocycles. The number of hydrogen-bond donors (Lipinski definition) is 1. The highest BCUT2D eigenvalue weighted by Gasteiger charge is 2.09. The maximum atomic E-state index is 8.83. The molecule has 0 radical (unpaired) electrons. The van der Waals surface area contributed by atoms with E-state index in [1.54, 1.807) is 0 Å². The molecule has 0 saturated carbocycles. The van der Waals surface area contributed by atoms with Crippen LogP contribution in [0.1, 0.15) is 35.2 Å². The summed E-state index contributed by atoms with van der Waals surface area (Å²) in [5.74, 6) is 0. The number of hydrogen-bond acceptors (Lipinski definition) is 2. The molecule has 0 heterocycles. The standard InChI is InChI=1S/C17H17BrN2/c1-11-8-16(18)9-12(2)17(11)20-13(3)15-6-4-14(10-19)5-7-15/h4-9,13,20H,1-3H3. The molecule has 1 unspecified atom stereocenters. The van der Waals surface area contributed by atoms with E-state index in [2.05, 4.69) is 60.2 Å². The van der Waals surface area contributed by atoms with Crippen LogP contribution in [0.15, 0.2) is 40.9 Å². The zero-order valence-corrected chi connectivity index (χ0v) is 13.5. The van der Waals surface area contributed by atoms with E-state index in [0.29, 0.717) is 5.56 Å². The van der Waals surface area contributed by atoms with Gasteiger partial charge in [0.05, 0.1) is 11.6 Å². The Morgan fingerprint density at radius 2 is 1.65 bits per heavy atom. The summed E-state index contributed by atoms with van der Waals surface area (Å²) >= 11 is 3.52. The number of benzene rings is 2. The van der Waals surface area contributed by atoms with Gasteiger partial charge in [-0.15, -0.1) is 0 Å². The first-order valence-corrected chi connectivity index (χ1v) is 7.34. The SMILES string of the molecule is Cc1cc(Br)cc(C)c1NC(C)c1ccc(C#N)cc1. The molecule has 20 heavy (non-hydrogen) atoms. The summed E-state index contributed by atoms with van der Waals surface area (Å²) in [6, 6.07) is 14.3. The van der Waals surface area contributed by atoms with Crippen LogP contribution in [0.4, 0.5) is 5.69 Å². The summed E-state index contributed by atoms with van der Waals surface area (Å²) in [5.41, 5.74) is 5.47. The molecule has 0 fully saturated rings. The van der Waals surface area contributed by atoms with Gasteiger partial charge in [0, 0.05) is 16.2 Å². The summed E-state index contributed by atoms with van der Waals surface area (Å²) < 4.78 is 1.10. The van der Waals surface area contributed by atoms with Gasteiger partial charge in [0.15, 0.2) is 0 Å². The predicted octanol–water partition coefficient (Wildman–Crippen LogP) is 5.11. The van der Waals surface area contributed by atoms with E-state index in [4.69, 9.17) is 5.26 Å². The highest BCUT2D eigenvalue weighted by molar-refractivity contribution is 9.10. The van der Waals surface area contributed by atoms with Gasteiger partial charge in [0.25, 0.3) is 0 Å². The molecule has 2 aromatic rings. The summed E-state index contributed by atoms with van der Waals surface area (Å²) in [4.78, 5) is 0. The van der Waals surface area contributed by atoms with Gasteiger partial charge in [0.2, 0.25) is 0 Å². The second kappa shape index (κ2) is 6.11. The van der Waals surface area contributed by atoms with Gasteiger partial charge in [-0.1, -0.05) is 28.1 Å². The van der Waals surface area contributed by atoms with Gasteiger partial charge < -0.3 is 5.32 Å². The molecule has 1 atom stereocenters. The van der Waals surface area contributed by atoms with Crippen LogP contribution in [0.25, 0.3) is 0 Å². The Bertz CT molecular complexity index is 631. The van der Waals surface area contributed by atoms with Crippen molar-refractivity contribution in [1.29, 1.82) is 5.26 Å². The maximum Gasteiger partial charge on any atom is 0.0991 e. The number of nitriles is 1. The predicted molar refractivity (Wildman–Crippen MR) is 86.8 cm³/mol. The zero-order chi connectivity index (χ0) is 14.7. The number of nitrogens with one attached hydrogen (secondary N) is 1. The average Bonchev–Trinajstić information content (AvgIpc) is 2.42. The van der Waals surface area contributed by atoms with Crippen LogP contribution < -0.4 is 5.32 Å². The normalized spacial score (nSPS) is 11.8. The second-order valence-corrected chi connectivity index (χ2v) is 5.93. The molecule has 1 N–H and O–H groups in total. The molecule has 3 heteroatoms. The average molecular weight is 329 g/mol. The molecule has 2 rings (SSSR count). The number of nitrogens with zero attached hydrogens (tertiary/aromatic N) is 1. The van der Waals surface area contributed by atoms with Gasteiger partial charge in [-0.05, 0) is 61.7 Å². The maximum absolute atomic E-state index is 8.83. The minimum atomic E-state index is 0.196. The lowest BCUT2D eigenvalue weighted by Crippen LogP contribution is -2.09. The van der Waals surface area contributed by atoms with Crippen molar-refractivity contribution in [1.82, 2.24) is 0 Å². The van der Waals surface area contributed by atoms with Gasteiger partial charge in [-0.3, -0.25) is 0 Å². The molecule has 0 aliphatic heterocycles. The largest absolute Gasteiger partial charge is 0.378 e. The van der Waals surface area contributed by atoms with Gasteiger partial charge in [-0.2, -0.15) is 5.26 Å². The van der Waals surface area contributed by atoms with Gasteiger partial charge in [-0.25, -0.2) is 0 Å². The lowest BCUT2D eigenvalue weighted by molar-refractivity contribution is 0.880. The van der Waals surface area contributed by atoms with Crippen LogP contribution in [0.5, 0.6) is 0 Å². The van der Waals surface area contributed by atoms with Crippen molar-refractivity contribution in [3.05, 3.63) is 63.1 Å². The van der Waals surface area contributed by atoms with Crippen molar-refractivity contribution >= 4 is 21.6 Å². The van der Waals surface area contributed by atoms with E-state index in [9.17, 15) is 0 Å². The van der Waals surface area contributed by atoms with E-state index in [-0.39, 0.29) is 6.04 Å². The summed E-state index contributed by atoms with van der Waals surface area (Å²) in [7, 11) is 0. The molecular weight excluding hydrogens is 312 g/mol. The molecule has 0 aliphatic carbocycles. The van der Waals surface area contributed by atoms with Crippen molar-refractivity contribution < 1.29 is 0 Å². The fourth-order valence-electron chi connectivity index (χ4n) is 2.28. The first-order valence-electron chi connectivity index (χ1n) is 6.54. The Balaban J connectivity index is 2.23. The number of anilines is 1.